The number of piperazine rings is 1. The summed E-state index contributed by atoms with van der Waals surface area (Å²) in [4.78, 5) is 32.7. The zero-order chi connectivity index (χ0) is 21.1. The van der Waals surface area contributed by atoms with Crippen LogP contribution in [0.4, 0.5) is 10.8 Å². The van der Waals surface area contributed by atoms with Crippen LogP contribution in [-0.2, 0) is 9.53 Å². The van der Waals surface area contributed by atoms with Crippen LogP contribution in [-0.4, -0.2) is 60.1 Å². The van der Waals surface area contributed by atoms with Crippen molar-refractivity contribution >= 4 is 45.6 Å². The number of amides is 1. The Morgan fingerprint density at radius 3 is 2.77 bits per heavy atom. The molecule has 160 valence electrons. The number of hydrogen-bond acceptors (Lipinski definition) is 7. The number of hydrogen-bond donors (Lipinski definition) is 1. The minimum atomic E-state index is -0.419. The van der Waals surface area contributed by atoms with E-state index in [1.807, 2.05) is 18.2 Å². The molecule has 7 nitrogen and oxygen atoms in total. The molecule has 4 rings (SSSR count). The summed E-state index contributed by atoms with van der Waals surface area (Å²) >= 11 is 7.35. The number of rotatable bonds is 5. The summed E-state index contributed by atoms with van der Waals surface area (Å²) in [6.07, 6.45) is 2.82. The van der Waals surface area contributed by atoms with Gasteiger partial charge in [0.15, 0.2) is 10.8 Å². The molecule has 2 aromatic rings. The maximum absolute atomic E-state index is 12.6. The van der Waals surface area contributed by atoms with Crippen LogP contribution in [0.5, 0.6) is 0 Å². The molecule has 0 spiro atoms. The van der Waals surface area contributed by atoms with Crippen molar-refractivity contribution in [2.24, 2.45) is 0 Å². The van der Waals surface area contributed by atoms with Crippen molar-refractivity contribution in [2.75, 3.05) is 36.4 Å². The first-order valence-corrected chi connectivity index (χ1v) is 11.4. The average molecular weight is 449 g/mol. The predicted molar refractivity (Wildman–Crippen MR) is 118 cm³/mol. The number of carbonyl (C=O) groups excluding carboxylic acids is 2. The third-order valence-electron chi connectivity index (χ3n) is 5.63. The Morgan fingerprint density at radius 2 is 2.03 bits per heavy atom. The highest BCUT2D eigenvalue weighted by molar-refractivity contribution is 7.14. The fraction of sp³-hybridized carbons (Fsp3) is 0.476. The lowest BCUT2D eigenvalue weighted by Gasteiger charge is -2.40. The molecular weight excluding hydrogens is 424 g/mol. The number of thiazole rings is 1. The molecule has 0 unspecified atom stereocenters. The Kier molecular flexibility index (Phi) is 6.55. The van der Waals surface area contributed by atoms with Gasteiger partial charge in [0.05, 0.1) is 0 Å². The van der Waals surface area contributed by atoms with Gasteiger partial charge in [0.2, 0.25) is 5.91 Å². The number of benzene rings is 1. The highest BCUT2D eigenvalue weighted by Gasteiger charge is 2.36. The lowest BCUT2D eigenvalue weighted by atomic mass is 10.1. The van der Waals surface area contributed by atoms with Crippen LogP contribution < -0.4 is 10.2 Å². The van der Waals surface area contributed by atoms with Crippen LogP contribution in [0.3, 0.4) is 0 Å². The number of carbonyl (C=O) groups is 2. The molecule has 30 heavy (non-hydrogen) atoms. The van der Waals surface area contributed by atoms with E-state index in [1.165, 1.54) is 18.3 Å². The molecule has 1 aromatic carbocycles. The second-order valence-corrected chi connectivity index (χ2v) is 8.96. The molecule has 9 heteroatoms. The smallest absolute Gasteiger partial charge is 0.358 e. The van der Waals surface area contributed by atoms with Crippen molar-refractivity contribution < 1.29 is 14.3 Å². The number of aromatic nitrogens is 1. The van der Waals surface area contributed by atoms with Crippen LogP contribution in [0.25, 0.3) is 0 Å². The molecule has 0 radical (unpaired) electrons. The molecule has 2 aliphatic rings. The Balaban J connectivity index is 1.33. The number of esters is 1. The molecule has 2 atom stereocenters. The molecule has 1 aromatic heterocycles. The third-order valence-corrected chi connectivity index (χ3v) is 6.62. The highest BCUT2D eigenvalue weighted by Crippen LogP contribution is 2.30. The Labute approximate surface area is 185 Å². The van der Waals surface area contributed by atoms with Gasteiger partial charge < -0.3 is 15.0 Å². The van der Waals surface area contributed by atoms with Crippen LogP contribution >= 0.6 is 22.9 Å². The highest BCUT2D eigenvalue weighted by atomic mass is 35.5. The second kappa shape index (κ2) is 9.32. The molecule has 0 bridgehead atoms. The van der Waals surface area contributed by atoms with E-state index in [4.69, 9.17) is 16.3 Å². The average Bonchev–Trinajstić information content (AvgIpc) is 3.37. The molecule has 1 saturated heterocycles. The van der Waals surface area contributed by atoms with Gasteiger partial charge in [-0.05, 0) is 37.5 Å². The van der Waals surface area contributed by atoms with E-state index in [0.717, 1.165) is 56.2 Å². The fourth-order valence-electron chi connectivity index (χ4n) is 4.22. The quantitative estimate of drug-likeness (QED) is 0.703. The molecular formula is C21H25ClN4O3S. The number of halogens is 1. The maximum atomic E-state index is 12.6. The lowest BCUT2D eigenvalue weighted by molar-refractivity contribution is -0.114. The minimum Gasteiger partial charge on any atom is -0.456 e. The SMILES string of the molecule is CC(=O)Nc1nc(C(=O)O[C@@H]2CCC[C@H]2N2CCN(c3cccc(Cl)c3)CC2)cs1. The van der Waals surface area contributed by atoms with E-state index in [1.54, 1.807) is 5.38 Å². The molecule has 1 aliphatic heterocycles. The summed E-state index contributed by atoms with van der Waals surface area (Å²) in [5.41, 5.74) is 1.40. The number of anilines is 2. The van der Waals surface area contributed by atoms with Crippen LogP contribution in [0.15, 0.2) is 29.6 Å². The van der Waals surface area contributed by atoms with Gasteiger partial charge in [-0.3, -0.25) is 9.69 Å². The van der Waals surface area contributed by atoms with E-state index in [0.29, 0.717) is 5.13 Å². The van der Waals surface area contributed by atoms with E-state index in [9.17, 15) is 9.59 Å². The summed E-state index contributed by atoms with van der Waals surface area (Å²) in [6, 6.07) is 8.20. The number of nitrogens with one attached hydrogen (secondary N) is 1. The summed E-state index contributed by atoms with van der Waals surface area (Å²) in [5.74, 6) is -0.630. The normalized spacial score (nSPS) is 22.1. The largest absolute Gasteiger partial charge is 0.456 e. The second-order valence-electron chi connectivity index (χ2n) is 7.66. The maximum Gasteiger partial charge on any atom is 0.358 e. The fourth-order valence-corrected chi connectivity index (χ4v) is 5.13. The summed E-state index contributed by atoms with van der Waals surface area (Å²) in [6.45, 7) is 5.10. The monoisotopic (exact) mass is 448 g/mol. The van der Waals surface area contributed by atoms with E-state index >= 15 is 0 Å². The first-order chi connectivity index (χ1) is 14.5. The Morgan fingerprint density at radius 1 is 1.23 bits per heavy atom. The van der Waals surface area contributed by atoms with Gasteiger partial charge >= 0.3 is 5.97 Å². The van der Waals surface area contributed by atoms with Crippen LogP contribution in [0.1, 0.15) is 36.7 Å². The molecule has 1 saturated carbocycles. The zero-order valence-corrected chi connectivity index (χ0v) is 18.4. The molecule has 1 amide bonds. The van der Waals surface area contributed by atoms with Crippen molar-refractivity contribution in [1.82, 2.24) is 9.88 Å². The first kappa shape index (κ1) is 21.1. The zero-order valence-electron chi connectivity index (χ0n) is 16.8. The van der Waals surface area contributed by atoms with Gasteiger partial charge in [0.1, 0.15) is 6.10 Å². The van der Waals surface area contributed by atoms with Gasteiger partial charge in [0, 0.05) is 55.2 Å². The number of nitrogens with zero attached hydrogens (tertiary/aromatic N) is 3. The van der Waals surface area contributed by atoms with Crippen molar-refractivity contribution in [3.8, 4) is 0 Å². The van der Waals surface area contributed by atoms with Gasteiger partial charge in [-0.1, -0.05) is 17.7 Å². The van der Waals surface area contributed by atoms with E-state index < -0.39 is 5.97 Å². The first-order valence-electron chi connectivity index (χ1n) is 10.2. The van der Waals surface area contributed by atoms with E-state index in [-0.39, 0.29) is 23.7 Å². The third kappa shape index (κ3) is 4.94. The van der Waals surface area contributed by atoms with Crippen molar-refractivity contribution in [1.29, 1.82) is 0 Å². The summed E-state index contributed by atoms with van der Waals surface area (Å²) in [5, 5.41) is 5.38. The standard InChI is InChI=1S/C21H25ClN4O3S/c1-14(27)23-21-24-17(13-30-21)20(28)29-19-7-3-6-18(19)26-10-8-25(9-11-26)16-5-2-4-15(22)12-16/h2,4-5,12-13,18-19H,3,6-11H2,1H3,(H,23,24,27)/t18-,19-/m1/s1. The molecule has 2 heterocycles. The van der Waals surface area contributed by atoms with Crippen LogP contribution in [0, 0.1) is 0 Å². The van der Waals surface area contributed by atoms with Crippen molar-refractivity contribution in [2.45, 2.75) is 38.3 Å². The van der Waals surface area contributed by atoms with Gasteiger partial charge in [0.25, 0.3) is 0 Å². The molecule has 1 aliphatic carbocycles. The summed E-state index contributed by atoms with van der Waals surface area (Å²) < 4.78 is 5.83. The number of ether oxygens (including phenoxy) is 1. The van der Waals surface area contributed by atoms with Crippen molar-refractivity contribution in [3.05, 3.63) is 40.4 Å². The minimum absolute atomic E-state index is 0.124. The molecule has 2 fully saturated rings. The van der Waals surface area contributed by atoms with Gasteiger partial charge in [-0.2, -0.15) is 0 Å². The Hall–Kier alpha value is -2.16. The van der Waals surface area contributed by atoms with Crippen LogP contribution in [0.2, 0.25) is 5.02 Å². The Bertz CT molecular complexity index is 913. The summed E-state index contributed by atoms with van der Waals surface area (Å²) in [7, 11) is 0. The van der Waals surface area contributed by atoms with E-state index in [2.05, 4.69) is 26.2 Å². The topological polar surface area (TPSA) is 74.8 Å². The van der Waals surface area contributed by atoms with Gasteiger partial charge in [-0.15, -0.1) is 11.3 Å². The lowest BCUT2D eigenvalue weighted by Crippen LogP contribution is -2.53. The predicted octanol–water partition coefficient (Wildman–Crippen LogP) is 3.66. The molecule has 1 N–H and O–H groups in total. The van der Waals surface area contributed by atoms with Gasteiger partial charge in [-0.25, -0.2) is 9.78 Å². The van der Waals surface area contributed by atoms with Crippen molar-refractivity contribution in [3.63, 3.8) is 0 Å².